The van der Waals surface area contributed by atoms with E-state index in [4.69, 9.17) is 13.3 Å². The third-order valence-electron chi connectivity index (χ3n) is 11.0. The van der Waals surface area contributed by atoms with Gasteiger partial charge in [0.2, 0.25) is 5.71 Å². The van der Waals surface area contributed by atoms with Gasteiger partial charge in [0.1, 0.15) is 27.9 Å². The van der Waals surface area contributed by atoms with Gasteiger partial charge >= 0.3 is 0 Å². The molecule has 0 aliphatic rings. The van der Waals surface area contributed by atoms with E-state index in [1.165, 1.54) is 5.39 Å². The summed E-state index contributed by atoms with van der Waals surface area (Å²) in [5, 5.41) is 7.80. The number of benzene rings is 8. The van der Waals surface area contributed by atoms with Crippen molar-refractivity contribution >= 4 is 93.9 Å². The summed E-state index contributed by atoms with van der Waals surface area (Å²) in [6.45, 7) is 0. The van der Waals surface area contributed by atoms with Crippen LogP contribution in [-0.2, 0) is 0 Å². The van der Waals surface area contributed by atoms with Gasteiger partial charge in [0.25, 0.3) is 0 Å². The minimum atomic E-state index is 0.844. The third kappa shape index (κ3) is 4.47. The summed E-state index contributed by atoms with van der Waals surface area (Å²) in [6, 6.07) is 63.6. The molecule has 0 radical (unpaired) electrons. The van der Waals surface area contributed by atoms with E-state index < -0.39 is 0 Å². The molecule has 0 bridgehead atoms. The van der Waals surface area contributed by atoms with E-state index in [1.807, 2.05) is 42.5 Å². The maximum atomic E-state index is 6.60. The van der Waals surface area contributed by atoms with Crippen LogP contribution in [0.15, 0.2) is 195 Å². The minimum absolute atomic E-state index is 0.844. The Bertz CT molecular complexity index is 3320. The molecule has 0 unspecified atom stereocenters. The van der Waals surface area contributed by atoms with Crippen molar-refractivity contribution in [1.82, 2.24) is 4.57 Å². The summed E-state index contributed by atoms with van der Waals surface area (Å²) >= 11 is 0. The highest BCUT2D eigenvalue weighted by Gasteiger charge is 2.23. The highest BCUT2D eigenvalue weighted by Crippen LogP contribution is 2.45. The fourth-order valence-electron chi connectivity index (χ4n) is 8.55. The lowest BCUT2D eigenvalue weighted by Crippen LogP contribution is -2.09. The summed E-state index contributed by atoms with van der Waals surface area (Å²) in [5.41, 5.74) is 12.6. The van der Waals surface area contributed by atoms with E-state index in [9.17, 15) is 0 Å². The predicted octanol–water partition coefficient (Wildman–Crippen LogP) is 14.5. The van der Waals surface area contributed by atoms with Crippen LogP contribution < -0.4 is 4.90 Å². The fraction of sp³-hybridized carbons (Fsp3) is 0. The molecule has 0 saturated carbocycles. The first-order chi connectivity index (χ1) is 27.3. The molecule has 5 heteroatoms. The second-order valence-corrected chi connectivity index (χ2v) is 14.1. The molecule has 4 aromatic heterocycles. The standard InChI is InChI=1S/C50H30N2O3/c1-2-11-32(12-3-1)52-42-17-10-16-36(48(42)49-41-15-6-9-20-45(41)55-50(49)52)31-21-23-33(24-22-31)51(34-25-27-39-37-13-4-7-18-43(37)53-46(39)29-34)35-26-28-40-38-14-5-8-19-44(38)54-47(40)30-35/h1-30H. The van der Waals surface area contributed by atoms with E-state index in [1.54, 1.807) is 0 Å². The van der Waals surface area contributed by atoms with Crippen molar-refractivity contribution in [2.24, 2.45) is 0 Å². The lowest BCUT2D eigenvalue weighted by atomic mass is 9.98. The van der Waals surface area contributed by atoms with Crippen LogP contribution in [0.4, 0.5) is 17.1 Å². The van der Waals surface area contributed by atoms with Crippen LogP contribution in [0.3, 0.4) is 0 Å². The van der Waals surface area contributed by atoms with Gasteiger partial charge in [-0.05, 0) is 83.9 Å². The van der Waals surface area contributed by atoms with Crippen LogP contribution in [0.5, 0.6) is 0 Å². The number of anilines is 3. The zero-order valence-corrected chi connectivity index (χ0v) is 29.4. The quantitative estimate of drug-likeness (QED) is 0.179. The van der Waals surface area contributed by atoms with Crippen molar-refractivity contribution < 1.29 is 13.3 Å². The Morgan fingerprint density at radius 1 is 0.364 bits per heavy atom. The molecule has 5 nitrogen and oxygen atoms in total. The van der Waals surface area contributed by atoms with Crippen LogP contribution >= 0.6 is 0 Å². The number of hydrogen-bond acceptors (Lipinski definition) is 4. The zero-order valence-electron chi connectivity index (χ0n) is 29.4. The lowest BCUT2D eigenvalue weighted by molar-refractivity contribution is 0.645. The topological polar surface area (TPSA) is 47.6 Å². The molecule has 8 aromatic carbocycles. The van der Waals surface area contributed by atoms with Gasteiger partial charge in [-0.15, -0.1) is 0 Å². The molecule has 0 aliphatic heterocycles. The van der Waals surface area contributed by atoms with E-state index in [0.29, 0.717) is 0 Å². The van der Waals surface area contributed by atoms with Gasteiger partial charge in [0.15, 0.2) is 0 Å². The van der Waals surface area contributed by atoms with Gasteiger partial charge in [-0.1, -0.05) is 97.1 Å². The van der Waals surface area contributed by atoms with Crippen LogP contribution in [-0.4, -0.2) is 4.57 Å². The normalized spacial score (nSPS) is 12.0. The molecule has 12 aromatic rings. The smallest absolute Gasteiger partial charge is 0.213 e. The summed E-state index contributed by atoms with van der Waals surface area (Å²) < 4.78 is 21.6. The maximum Gasteiger partial charge on any atom is 0.213 e. The summed E-state index contributed by atoms with van der Waals surface area (Å²) in [5.74, 6) is 0. The van der Waals surface area contributed by atoms with Gasteiger partial charge in [0.05, 0.1) is 10.9 Å². The van der Waals surface area contributed by atoms with Crippen molar-refractivity contribution in [3.05, 3.63) is 182 Å². The number of hydrogen-bond donors (Lipinski definition) is 0. The number of para-hydroxylation sites is 4. The van der Waals surface area contributed by atoms with Crippen molar-refractivity contribution in [3.8, 4) is 16.8 Å². The first kappa shape index (κ1) is 30.0. The van der Waals surface area contributed by atoms with Gasteiger partial charge < -0.3 is 18.2 Å². The number of furan rings is 3. The Morgan fingerprint density at radius 3 is 1.53 bits per heavy atom. The summed E-state index contributed by atoms with van der Waals surface area (Å²) in [7, 11) is 0. The maximum absolute atomic E-state index is 6.60. The van der Waals surface area contributed by atoms with E-state index in [2.05, 4.69) is 149 Å². The molecular weight excluding hydrogens is 677 g/mol. The molecule has 0 spiro atoms. The highest BCUT2D eigenvalue weighted by molar-refractivity contribution is 6.24. The summed E-state index contributed by atoms with van der Waals surface area (Å²) in [6.07, 6.45) is 0. The van der Waals surface area contributed by atoms with E-state index >= 15 is 0 Å². The monoisotopic (exact) mass is 706 g/mol. The molecule has 12 rings (SSSR count). The third-order valence-corrected chi connectivity index (χ3v) is 11.0. The van der Waals surface area contributed by atoms with Gasteiger partial charge in [0, 0.05) is 67.2 Å². The van der Waals surface area contributed by atoms with Crippen LogP contribution in [0.2, 0.25) is 0 Å². The van der Waals surface area contributed by atoms with Crippen molar-refractivity contribution in [1.29, 1.82) is 0 Å². The number of fused-ring (bicyclic) bond motifs is 11. The molecule has 258 valence electrons. The van der Waals surface area contributed by atoms with Crippen molar-refractivity contribution in [2.45, 2.75) is 0 Å². The number of aromatic nitrogens is 1. The molecule has 0 atom stereocenters. The highest BCUT2D eigenvalue weighted by atomic mass is 16.3. The van der Waals surface area contributed by atoms with E-state index in [0.717, 1.165) is 105 Å². The number of nitrogens with zero attached hydrogens (tertiary/aromatic N) is 2. The first-order valence-corrected chi connectivity index (χ1v) is 18.5. The zero-order chi connectivity index (χ0) is 36.0. The Balaban J connectivity index is 1.05. The molecule has 0 N–H and O–H groups in total. The van der Waals surface area contributed by atoms with Crippen molar-refractivity contribution in [2.75, 3.05) is 4.90 Å². The second-order valence-electron chi connectivity index (χ2n) is 14.1. The van der Waals surface area contributed by atoms with Crippen LogP contribution in [0.1, 0.15) is 0 Å². The lowest BCUT2D eigenvalue weighted by Gasteiger charge is -2.25. The van der Waals surface area contributed by atoms with Gasteiger partial charge in [-0.2, -0.15) is 0 Å². The fourth-order valence-corrected chi connectivity index (χ4v) is 8.55. The SMILES string of the molecule is c1ccc(-n2c3cccc(-c4ccc(N(c5ccc6c(c5)oc5ccccc56)c5ccc6c(c5)oc5ccccc56)cc4)c3c3c4ccccc4oc32)cc1. The molecule has 0 saturated heterocycles. The van der Waals surface area contributed by atoms with Crippen molar-refractivity contribution in [3.63, 3.8) is 0 Å². The minimum Gasteiger partial charge on any atom is -0.456 e. The van der Waals surface area contributed by atoms with Crippen LogP contribution in [0, 0.1) is 0 Å². The Hall–Kier alpha value is -7.50. The molecule has 0 aliphatic carbocycles. The van der Waals surface area contributed by atoms with Gasteiger partial charge in [-0.3, -0.25) is 4.57 Å². The molecule has 0 fully saturated rings. The predicted molar refractivity (Wildman–Crippen MR) is 225 cm³/mol. The average molecular weight is 707 g/mol. The molecule has 4 heterocycles. The molecular formula is C50H30N2O3. The Kier molecular flexibility index (Phi) is 6.27. The second kappa shape index (κ2) is 11.5. The molecule has 55 heavy (non-hydrogen) atoms. The average Bonchev–Trinajstić information content (AvgIpc) is 3.99. The molecule has 0 amide bonds. The first-order valence-electron chi connectivity index (χ1n) is 18.5. The van der Waals surface area contributed by atoms with Crippen LogP contribution in [0.25, 0.3) is 93.7 Å². The largest absolute Gasteiger partial charge is 0.456 e. The Morgan fingerprint density at radius 2 is 0.891 bits per heavy atom. The summed E-state index contributed by atoms with van der Waals surface area (Å²) in [4.78, 5) is 2.28. The number of rotatable bonds is 5. The van der Waals surface area contributed by atoms with Gasteiger partial charge in [-0.25, -0.2) is 0 Å². The van der Waals surface area contributed by atoms with E-state index in [-0.39, 0.29) is 0 Å². The Labute approximate surface area is 314 Å².